The lowest BCUT2D eigenvalue weighted by Crippen LogP contribution is -2.34. The van der Waals surface area contributed by atoms with Crippen LogP contribution in [0.5, 0.6) is 0 Å². The topological polar surface area (TPSA) is 66.4 Å². The van der Waals surface area contributed by atoms with Gasteiger partial charge in [0, 0.05) is 6.42 Å². The van der Waals surface area contributed by atoms with Gasteiger partial charge in [0.15, 0.2) is 0 Å². The average Bonchev–Trinajstić information content (AvgIpc) is 2.56. The minimum absolute atomic E-state index is 0.464. The summed E-state index contributed by atoms with van der Waals surface area (Å²) >= 11 is 5.31. The Hall–Kier alpha value is -0.620. The molecule has 1 aliphatic carbocycles. The van der Waals surface area contributed by atoms with E-state index in [2.05, 4.69) is 4.72 Å². The van der Waals surface area contributed by atoms with Gasteiger partial charge in [-0.15, -0.1) is 11.6 Å². The summed E-state index contributed by atoms with van der Waals surface area (Å²) in [5.74, 6) is 0. The molecule has 0 aliphatic heterocycles. The fraction of sp³-hybridized carbons (Fsp3) is 0.400. The molecule has 0 spiro atoms. The Kier molecular flexibility index (Phi) is 3.21. The van der Waals surface area contributed by atoms with Crippen LogP contribution in [0.4, 0.5) is 0 Å². The maximum atomic E-state index is 11.4. The molecule has 88 valence electrons. The number of halogens is 1. The Bertz CT molecular complexity index is 489. The van der Waals surface area contributed by atoms with Crippen molar-refractivity contribution in [2.45, 2.75) is 18.6 Å². The molecule has 0 radical (unpaired) electrons. The molecular formula is C10H12ClNO3S. The zero-order valence-corrected chi connectivity index (χ0v) is 10.0. The molecule has 6 heteroatoms. The Labute approximate surface area is 99.3 Å². The van der Waals surface area contributed by atoms with Gasteiger partial charge in [0.2, 0.25) is 10.0 Å². The molecule has 0 aromatic heterocycles. The lowest BCUT2D eigenvalue weighted by molar-refractivity contribution is 0.152. The van der Waals surface area contributed by atoms with Crippen LogP contribution in [-0.4, -0.2) is 24.8 Å². The first kappa shape index (κ1) is 11.9. The molecule has 1 aromatic carbocycles. The van der Waals surface area contributed by atoms with Crippen molar-refractivity contribution >= 4 is 21.6 Å². The van der Waals surface area contributed by atoms with Gasteiger partial charge in [0.1, 0.15) is 5.21 Å². The van der Waals surface area contributed by atoms with Crippen molar-refractivity contribution in [1.29, 1.82) is 0 Å². The summed E-state index contributed by atoms with van der Waals surface area (Å²) in [6.07, 6.45) is -0.263. The fourth-order valence-corrected chi connectivity index (χ4v) is 2.86. The van der Waals surface area contributed by atoms with E-state index in [-0.39, 0.29) is 0 Å². The summed E-state index contributed by atoms with van der Waals surface area (Å²) in [5, 5.41) is 9.30. The number of hydrogen-bond acceptors (Lipinski definition) is 3. The van der Waals surface area contributed by atoms with Crippen molar-refractivity contribution in [1.82, 2.24) is 4.72 Å². The van der Waals surface area contributed by atoms with Gasteiger partial charge in [-0.3, -0.25) is 0 Å². The van der Waals surface area contributed by atoms with Crippen LogP contribution in [0.25, 0.3) is 0 Å². The van der Waals surface area contributed by atoms with Crippen LogP contribution in [0.15, 0.2) is 24.3 Å². The molecule has 16 heavy (non-hydrogen) atoms. The number of rotatable bonds is 3. The van der Waals surface area contributed by atoms with Crippen molar-refractivity contribution in [2.24, 2.45) is 0 Å². The number of fused-ring (bicyclic) bond motifs is 1. The van der Waals surface area contributed by atoms with Crippen LogP contribution in [0, 0.1) is 0 Å². The molecule has 0 heterocycles. The van der Waals surface area contributed by atoms with Gasteiger partial charge in [-0.2, -0.15) is 0 Å². The van der Waals surface area contributed by atoms with Crippen molar-refractivity contribution in [3.63, 3.8) is 0 Å². The quantitative estimate of drug-likeness (QED) is 0.790. The van der Waals surface area contributed by atoms with Crippen LogP contribution in [0.1, 0.15) is 17.2 Å². The summed E-state index contributed by atoms with van der Waals surface area (Å²) in [7, 11) is -3.52. The first-order chi connectivity index (χ1) is 7.53. The van der Waals surface area contributed by atoms with Gasteiger partial charge in [-0.1, -0.05) is 24.3 Å². The molecule has 1 aromatic rings. The lowest BCUT2D eigenvalue weighted by Gasteiger charge is -2.16. The van der Waals surface area contributed by atoms with E-state index in [0.29, 0.717) is 6.42 Å². The number of nitrogens with one attached hydrogen (secondary N) is 1. The van der Waals surface area contributed by atoms with Gasteiger partial charge < -0.3 is 5.11 Å². The Morgan fingerprint density at radius 2 is 2.12 bits per heavy atom. The largest absolute Gasteiger partial charge is 0.391 e. The average molecular weight is 262 g/mol. The van der Waals surface area contributed by atoms with Gasteiger partial charge in [0.25, 0.3) is 0 Å². The summed E-state index contributed by atoms with van der Waals surface area (Å²) in [6, 6.07) is 6.79. The van der Waals surface area contributed by atoms with Crippen LogP contribution in [-0.2, 0) is 16.4 Å². The maximum absolute atomic E-state index is 11.4. The van der Waals surface area contributed by atoms with Gasteiger partial charge >= 0.3 is 0 Å². The molecule has 2 N–H and O–H groups in total. The first-order valence-corrected chi connectivity index (χ1v) is 7.04. The van der Waals surface area contributed by atoms with E-state index in [9.17, 15) is 13.5 Å². The zero-order valence-electron chi connectivity index (χ0n) is 8.43. The van der Waals surface area contributed by atoms with E-state index in [1.165, 1.54) is 0 Å². The van der Waals surface area contributed by atoms with Crippen molar-refractivity contribution < 1.29 is 13.5 Å². The summed E-state index contributed by atoms with van der Waals surface area (Å²) in [6.45, 7) is 0. The highest BCUT2D eigenvalue weighted by Gasteiger charge is 2.33. The molecular weight excluding hydrogens is 250 g/mol. The molecule has 2 atom stereocenters. The predicted octanol–water partition coefficient (Wildman–Crippen LogP) is 0.760. The predicted molar refractivity (Wildman–Crippen MR) is 61.7 cm³/mol. The molecule has 1 aliphatic rings. The minimum atomic E-state index is -3.52. The number of aliphatic hydroxyl groups is 1. The van der Waals surface area contributed by atoms with Crippen molar-refractivity contribution in [3.05, 3.63) is 35.4 Å². The summed E-state index contributed by atoms with van der Waals surface area (Å²) in [5.41, 5.74) is 1.79. The smallest absolute Gasteiger partial charge is 0.226 e. The SMILES string of the molecule is O=S(=O)(CCl)N[C@H]1c2ccccc2C[C@H]1O. The zero-order chi connectivity index (χ0) is 11.8. The number of alkyl halides is 1. The molecule has 0 saturated carbocycles. The van der Waals surface area contributed by atoms with E-state index in [0.717, 1.165) is 11.1 Å². The molecule has 0 bridgehead atoms. The first-order valence-electron chi connectivity index (χ1n) is 4.85. The third kappa shape index (κ3) is 2.22. The molecule has 0 amide bonds. The van der Waals surface area contributed by atoms with E-state index in [1.54, 1.807) is 0 Å². The standard InChI is InChI=1S/C10H12ClNO3S/c11-6-16(14,15)12-10-8-4-2-1-3-7(8)5-9(10)13/h1-4,9-10,12-13H,5-6H2/t9-,10+/m1/s1. The normalized spacial score (nSPS) is 24.4. The van der Waals surface area contributed by atoms with E-state index in [4.69, 9.17) is 11.6 Å². The highest BCUT2D eigenvalue weighted by atomic mass is 35.5. The number of benzene rings is 1. The van der Waals surface area contributed by atoms with Gasteiger partial charge in [-0.25, -0.2) is 13.1 Å². The summed E-state index contributed by atoms with van der Waals surface area (Å²) < 4.78 is 25.1. The highest BCUT2D eigenvalue weighted by molar-refractivity contribution is 7.90. The Balaban J connectivity index is 2.30. The summed E-state index contributed by atoms with van der Waals surface area (Å²) in [4.78, 5) is 0. The van der Waals surface area contributed by atoms with Crippen LogP contribution in [0.2, 0.25) is 0 Å². The van der Waals surface area contributed by atoms with E-state index < -0.39 is 27.4 Å². The number of aliphatic hydroxyl groups excluding tert-OH is 1. The molecule has 0 unspecified atom stereocenters. The second-order valence-corrected chi connectivity index (χ2v) is 6.13. The molecule has 2 rings (SSSR count). The van der Waals surface area contributed by atoms with E-state index >= 15 is 0 Å². The molecule has 4 nitrogen and oxygen atoms in total. The lowest BCUT2D eigenvalue weighted by atomic mass is 10.1. The minimum Gasteiger partial charge on any atom is -0.391 e. The number of hydrogen-bond donors (Lipinski definition) is 2. The second-order valence-electron chi connectivity index (χ2n) is 3.79. The van der Waals surface area contributed by atoms with Crippen LogP contribution < -0.4 is 4.72 Å². The van der Waals surface area contributed by atoms with Crippen LogP contribution in [0.3, 0.4) is 0 Å². The Morgan fingerprint density at radius 3 is 2.81 bits per heavy atom. The monoisotopic (exact) mass is 261 g/mol. The third-order valence-corrected chi connectivity index (χ3v) is 4.42. The Morgan fingerprint density at radius 1 is 1.44 bits per heavy atom. The van der Waals surface area contributed by atoms with Crippen molar-refractivity contribution in [2.75, 3.05) is 5.21 Å². The van der Waals surface area contributed by atoms with Crippen LogP contribution >= 0.6 is 11.6 Å². The fourth-order valence-electron chi connectivity index (χ4n) is 1.94. The van der Waals surface area contributed by atoms with Gasteiger partial charge in [-0.05, 0) is 11.1 Å². The van der Waals surface area contributed by atoms with Crippen molar-refractivity contribution in [3.8, 4) is 0 Å². The third-order valence-electron chi connectivity index (χ3n) is 2.65. The maximum Gasteiger partial charge on any atom is 0.226 e. The highest BCUT2D eigenvalue weighted by Crippen LogP contribution is 2.31. The number of sulfonamides is 1. The molecule has 0 saturated heterocycles. The van der Waals surface area contributed by atoms with Gasteiger partial charge in [0.05, 0.1) is 12.1 Å². The molecule has 0 fully saturated rings. The second kappa shape index (κ2) is 4.33. The van der Waals surface area contributed by atoms with E-state index in [1.807, 2.05) is 24.3 Å².